The average Bonchev–Trinajstić information content (AvgIpc) is 2.41. The summed E-state index contributed by atoms with van der Waals surface area (Å²) in [6.07, 6.45) is 5.62. The quantitative estimate of drug-likeness (QED) is 0.811. The Balaban J connectivity index is 2.43. The van der Waals surface area contributed by atoms with Gasteiger partial charge < -0.3 is 5.11 Å². The zero-order valence-corrected chi connectivity index (χ0v) is 10.4. The molecule has 0 amide bonds. The van der Waals surface area contributed by atoms with Crippen LogP contribution in [0.4, 0.5) is 0 Å². The summed E-state index contributed by atoms with van der Waals surface area (Å²) in [6.45, 7) is 1.76. The molecule has 2 aromatic carbocycles. The van der Waals surface area contributed by atoms with Crippen molar-refractivity contribution >= 4 is 0 Å². The molecule has 0 saturated carbocycles. The fraction of sp³-hybridized carbons (Fsp3) is 0.176. The molecule has 0 aliphatic heterocycles. The van der Waals surface area contributed by atoms with Crippen LogP contribution in [0.3, 0.4) is 0 Å². The molecular weight excluding hydrogens is 220 g/mol. The molecule has 0 bridgehead atoms. The van der Waals surface area contributed by atoms with Gasteiger partial charge in [-0.15, -0.1) is 6.42 Å². The van der Waals surface area contributed by atoms with Crippen LogP contribution in [0.5, 0.6) is 0 Å². The molecule has 0 aliphatic rings. The third-order valence-corrected chi connectivity index (χ3v) is 3.22. The molecule has 0 fully saturated rings. The fourth-order valence-electron chi connectivity index (χ4n) is 2.17. The van der Waals surface area contributed by atoms with E-state index in [0.717, 1.165) is 11.1 Å². The summed E-state index contributed by atoms with van der Waals surface area (Å²) in [5, 5.41) is 10.8. The second-order valence-corrected chi connectivity index (χ2v) is 4.52. The minimum absolute atomic E-state index is 0.360. The Morgan fingerprint density at radius 3 is 2.00 bits per heavy atom. The summed E-state index contributed by atoms with van der Waals surface area (Å²) in [4.78, 5) is 0. The van der Waals surface area contributed by atoms with Crippen LogP contribution >= 0.6 is 0 Å². The van der Waals surface area contributed by atoms with Gasteiger partial charge in [0.05, 0.1) is 5.92 Å². The van der Waals surface area contributed by atoms with Gasteiger partial charge in [-0.1, -0.05) is 66.6 Å². The van der Waals surface area contributed by atoms with Crippen molar-refractivity contribution in [2.24, 2.45) is 0 Å². The smallest absolute Gasteiger partial charge is 0.105 e. The number of terminal acetylenes is 1. The molecule has 1 heteroatoms. The van der Waals surface area contributed by atoms with Crippen molar-refractivity contribution < 1.29 is 5.11 Å². The van der Waals surface area contributed by atoms with Gasteiger partial charge in [0, 0.05) is 0 Å². The molecule has 0 aromatic heterocycles. The highest BCUT2D eigenvalue weighted by Crippen LogP contribution is 2.35. The normalized spacial score (nSPS) is 15.4. The first-order chi connectivity index (χ1) is 8.66. The lowest BCUT2D eigenvalue weighted by Gasteiger charge is -2.30. The minimum atomic E-state index is -1.07. The van der Waals surface area contributed by atoms with Crippen molar-refractivity contribution in [1.29, 1.82) is 0 Å². The highest BCUT2D eigenvalue weighted by atomic mass is 16.3. The second-order valence-electron chi connectivity index (χ2n) is 4.52. The van der Waals surface area contributed by atoms with E-state index in [-0.39, 0.29) is 5.92 Å². The van der Waals surface area contributed by atoms with Crippen LogP contribution in [0.15, 0.2) is 60.7 Å². The second kappa shape index (κ2) is 5.08. The Bertz CT molecular complexity index is 535. The Morgan fingerprint density at radius 1 is 1.00 bits per heavy atom. The first-order valence-corrected chi connectivity index (χ1v) is 5.95. The predicted octanol–water partition coefficient (Wildman–Crippen LogP) is 3.31. The average molecular weight is 236 g/mol. The third-order valence-electron chi connectivity index (χ3n) is 3.22. The van der Waals surface area contributed by atoms with Crippen molar-refractivity contribution in [2.75, 3.05) is 0 Å². The lowest BCUT2D eigenvalue weighted by atomic mass is 9.79. The predicted molar refractivity (Wildman–Crippen MR) is 74.0 cm³/mol. The lowest BCUT2D eigenvalue weighted by molar-refractivity contribution is 0.0446. The van der Waals surface area contributed by atoms with E-state index >= 15 is 0 Å². The maximum absolute atomic E-state index is 10.8. The van der Waals surface area contributed by atoms with Crippen LogP contribution in [0.1, 0.15) is 24.0 Å². The summed E-state index contributed by atoms with van der Waals surface area (Å²) in [5.74, 6) is 2.35. The number of hydrogen-bond donors (Lipinski definition) is 1. The van der Waals surface area contributed by atoms with Gasteiger partial charge >= 0.3 is 0 Å². The number of benzene rings is 2. The molecule has 90 valence electrons. The van der Waals surface area contributed by atoms with Gasteiger partial charge in [-0.3, -0.25) is 0 Å². The van der Waals surface area contributed by atoms with Gasteiger partial charge in [0.15, 0.2) is 0 Å². The van der Waals surface area contributed by atoms with Gasteiger partial charge in [0.1, 0.15) is 5.60 Å². The maximum atomic E-state index is 10.8. The first-order valence-electron chi connectivity index (χ1n) is 5.95. The van der Waals surface area contributed by atoms with Crippen LogP contribution in [0, 0.1) is 12.3 Å². The molecular formula is C17H16O. The Morgan fingerprint density at radius 2 is 1.50 bits per heavy atom. The van der Waals surface area contributed by atoms with E-state index < -0.39 is 5.60 Å². The first kappa shape index (κ1) is 12.4. The van der Waals surface area contributed by atoms with Crippen LogP contribution in [0.25, 0.3) is 0 Å². The fourth-order valence-corrected chi connectivity index (χ4v) is 2.17. The van der Waals surface area contributed by atoms with Crippen LogP contribution in [-0.4, -0.2) is 5.11 Å². The van der Waals surface area contributed by atoms with E-state index in [1.165, 1.54) is 0 Å². The maximum Gasteiger partial charge on any atom is 0.105 e. The Labute approximate surface area is 108 Å². The summed E-state index contributed by atoms with van der Waals surface area (Å²) in [7, 11) is 0. The summed E-state index contributed by atoms with van der Waals surface area (Å²) >= 11 is 0. The molecule has 0 aliphatic carbocycles. The molecule has 0 radical (unpaired) electrons. The van der Waals surface area contributed by atoms with Crippen molar-refractivity contribution in [3.63, 3.8) is 0 Å². The van der Waals surface area contributed by atoms with Gasteiger partial charge in [0.25, 0.3) is 0 Å². The van der Waals surface area contributed by atoms with Gasteiger partial charge in [-0.25, -0.2) is 0 Å². The third kappa shape index (κ3) is 2.30. The van der Waals surface area contributed by atoms with Gasteiger partial charge in [-0.05, 0) is 18.1 Å². The van der Waals surface area contributed by atoms with E-state index in [9.17, 15) is 5.11 Å². The zero-order valence-electron chi connectivity index (χ0n) is 10.4. The minimum Gasteiger partial charge on any atom is -0.384 e. The SMILES string of the molecule is C#C[C@H](c1ccccc1)[C@@](C)(O)c1ccccc1. The van der Waals surface area contributed by atoms with Crippen molar-refractivity contribution in [3.8, 4) is 12.3 Å². The molecule has 1 N–H and O–H groups in total. The summed E-state index contributed by atoms with van der Waals surface area (Å²) in [6, 6.07) is 19.2. The number of rotatable bonds is 3. The monoisotopic (exact) mass is 236 g/mol. The molecule has 0 heterocycles. The van der Waals surface area contributed by atoms with E-state index in [1.54, 1.807) is 6.92 Å². The molecule has 2 rings (SSSR count). The van der Waals surface area contributed by atoms with Gasteiger partial charge in [0.2, 0.25) is 0 Å². The highest BCUT2D eigenvalue weighted by molar-refractivity contribution is 5.35. The highest BCUT2D eigenvalue weighted by Gasteiger charge is 2.33. The van der Waals surface area contributed by atoms with Gasteiger partial charge in [-0.2, -0.15) is 0 Å². The molecule has 18 heavy (non-hydrogen) atoms. The number of aliphatic hydroxyl groups is 1. The topological polar surface area (TPSA) is 20.2 Å². The van der Waals surface area contributed by atoms with Crippen LogP contribution in [0.2, 0.25) is 0 Å². The lowest BCUT2D eigenvalue weighted by Crippen LogP contribution is -2.29. The Hall–Kier alpha value is -2.04. The molecule has 2 atom stereocenters. The molecule has 2 aromatic rings. The Kier molecular flexibility index (Phi) is 3.50. The molecule has 1 nitrogen and oxygen atoms in total. The summed E-state index contributed by atoms with van der Waals surface area (Å²) in [5.41, 5.74) is 0.711. The van der Waals surface area contributed by atoms with Crippen molar-refractivity contribution in [2.45, 2.75) is 18.4 Å². The van der Waals surface area contributed by atoms with E-state index in [0.29, 0.717) is 0 Å². The van der Waals surface area contributed by atoms with E-state index in [2.05, 4.69) is 5.92 Å². The van der Waals surface area contributed by atoms with E-state index in [4.69, 9.17) is 6.42 Å². The van der Waals surface area contributed by atoms with E-state index in [1.807, 2.05) is 60.7 Å². The standard InChI is InChI=1S/C17H16O/c1-3-16(14-10-6-4-7-11-14)17(2,18)15-12-8-5-9-13-15/h1,4-13,16,18H,2H3/t16-,17+/m1/s1. The number of hydrogen-bond acceptors (Lipinski definition) is 1. The summed E-state index contributed by atoms with van der Waals surface area (Å²) < 4.78 is 0. The molecule has 0 saturated heterocycles. The molecule has 0 spiro atoms. The van der Waals surface area contributed by atoms with Crippen molar-refractivity contribution in [3.05, 3.63) is 71.8 Å². The van der Waals surface area contributed by atoms with Crippen LogP contribution < -0.4 is 0 Å². The largest absolute Gasteiger partial charge is 0.384 e. The molecule has 0 unspecified atom stereocenters. The van der Waals surface area contributed by atoms with Crippen LogP contribution in [-0.2, 0) is 5.60 Å². The zero-order chi connectivity index (χ0) is 13.0. The van der Waals surface area contributed by atoms with Crippen molar-refractivity contribution in [1.82, 2.24) is 0 Å².